The van der Waals surface area contributed by atoms with Gasteiger partial charge in [-0.15, -0.1) is 0 Å². The Hall–Kier alpha value is -0.530. The second-order valence-corrected chi connectivity index (χ2v) is 6.56. The topological polar surface area (TPSA) is 12.0 Å². The molecule has 19 heavy (non-hydrogen) atoms. The fourth-order valence-corrected chi connectivity index (χ4v) is 2.54. The quantitative estimate of drug-likeness (QED) is 0.742. The lowest BCUT2D eigenvalue weighted by Crippen LogP contribution is -2.43. The number of hydrogen-bond acceptors (Lipinski definition) is 1. The molecule has 0 aliphatic carbocycles. The molecule has 0 spiro atoms. The normalized spacial score (nSPS) is 13.6. The third kappa shape index (κ3) is 4.81. The minimum absolute atomic E-state index is 0.281. The van der Waals surface area contributed by atoms with Crippen molar-refractivity contribution >= 4 is 11.6 Å². The van der Waals surface area contributed by atoms with Crippen molar-refractivity contribution in [1.82, 2.24) is 5.32 Å². The lowest BCUT2D eigenvalue weighted by atomic mass is 9.79. The van der Waals surface area contributed by atoms with Crippen molar-refractivity contribution in [2.24, 2.45) is 5.41 Å². The molecule has 0 saturated heterocycles. The molecule has 1 atom stereocenters. The van der Waals surface area contributed by atoms with Crippen molar-refractivity contribution in [3.63, 3.8) is 0 Å². The molecule has 1 unspecified atom stereocenters. The van der Waals surface area contributed by atoms with E-state index in [0.717, 1.165) is 30.8 Å². The van der Waals surface area contributed by atoms with Gasteiger partial charge in [0.2, 0.25) is 0 Å². The SMILES string of the molecule is CCCNC(Cc1ccc(C)cc1Cl)C(C)(C)CC. The molecule has 0 aromatic heterocycles. The highest BCUT2D eigenvalue weighted by atomic mass is 35.5. The van der Waals surface area contributed by atoms with Gasteiger partial charge in [0.1, 0.15) is 0 Å². The number of benzene rings is 1. The first kappa shape index (κ1) is 16.5. The Bertz CT molecular complexity index is 398. The summed E-state index contributed by atoms with van der Waals surface area (Å²) in [6.45, 7) is 12.3. The van der Waals surface area contributed by atoms with Gasteiger partial charge in [0.15, 0.2) is 0 Å². The van der Waals surface area contributed by atoms with E-state index in [9.17, 15) is 0 Å². The summed E-state index contributed by atoms with van der Waals surface area (Å²) < 4.78 is 0. The maximum Gasteiger partial charge on any atom is 0.0441 e. The largest absolute Gasteiger partial charge is 0.313 e. The van der Waals surface area contributed by atoms with E-state index in [1.165, 1.54) is 11.1 Å². The van der Waals surface area contributed by atoms with Gasteiger partial charge in [-0.1, -0.05) is 51.4 Å². The van der Waals surface area contributed by atoms with Gasteiger partial charge < -0.3 is 5.32 Å². The Labute approximate surface area is 123 Å². The summed E-state index contributed by atoms with van der Waals surface area (Å²) in [7, 11) is 0. The Morgan fingerprint density at radius 3 is 2.47 bits per heavy atom. The summed E-state index contributed by atoms with van der Waals surface area (Å²) in [5.74, 6) is 0. The van der Waals surface area contributed by atoms with E-state index in [0.29, 0.717) is 6.04 Å². The molecule has 0 aliphatic rings. The summed E-state index contributed by atoms with van der Waals surface area (Å²) in [5, 5.41) is 4.59. The maximum atomic E-state index is 6.37. The third-order valence-corrected chi connectivity index (χ3v) is 4.48. The van der Waals surface area contributed by atoms with Gasteiger partial charge >= 0.3 is 0 Å². The van der Waals surface area contributed by atoms with Crippen molar-refractivity contribution in [2.45, 2.75) is 59.9 Å². The third-order valence-electron chi connectivity index (χ3n) is 4.13. The van der Waals surface area contributed by atoms with Gasteiger partial charge in [0, 0.05) is 11.1 Å². The Morgan fingerprint density at radius 1 is 1.26 bits per heavy atom. The molecule has 0 saturated carbocycles. The van der Waals surface area contributed by atoms with Crippen molar-refractivity contribution in [1.29, 1.82) is 0 Å². The zero-order valence-electron chi connectivity index (χ0n) is 13.0. The second kappa shape index (κ2) is 7.31. The van der Waals surface area contributed by atoms with Crippen LogP contribution in [0.15, 0.2) is 18.2 Å². The minimum Gasteiger partial charge on any atom is -0.313 e. The van der Waals surface area contributed by atoms with Crippen LogP contribution in [0.25, 0.3) is 0 Å². The van der Waals surface area contributed by atoms with Gasteiger partial charge in [0.05, 0.1) is 0 Å². The number of hydrogen-bond donors (Lipinski definition) is 1. The standard InChI is InChI=1S/C17H28ClN/c1-6-10-19-16(17(4,5)7-2)12-14-9-8-13(3)11-15(14)18/h8-9,11,16,19H,6-7,10,12H2,1-5H3. The molecule has 0 radical (unpaired) electrons. The summed E-state index contributed by atoms with van der Waals surface area (Å²) in [5.41, 5.74) is 2.76. The number of halogens is 1. The highest BCUT2D eigenvalue weighted by Crippen LogP contribution is 2.29. The van der Waals surface area contributed by atoms with Gasteiger partial charge in [-0.25, -0.2) is 0 Å². The first-order valence-corrected chi connectivity index (χ1v) is 7.77. The number of aryl methyl sites for hydroxylation is 1. The van der Waals surface area contributed by atoms with Gasteiger partial charge in [-0.3, -0.25) is 0 Å². The van der Waals surface area contributed by atoms with E-state index in [1.807, 2.05) is 0 Å². The molecule has 0 bridgehead atoms. The molecular weight excluding hydrogens is 254 g/mol. The smallest absolute Gasteiger partial charge is 0.0441 e. The second-order valence-electron chi connectivity index (χ2n) is 6.15. The first-order valence-electron chi connectivity index (χ1n) is 7.39. The van der Waals surface area contributed by atoms with Crippen molar-refractivity contribution in [3.8, 4) is 0 Å². The molecule has 1 aromatic rings. The molecule has 2 heteroatoms. The lowest BCUT2D eigenvalue weighted by molar-refractivity contribution is 0.230. The van der Waals surface area contributed by atoms with Gasteiger partial charge in [-0.05, 0) is 55.3 Å². The van der Waals surface area contributed by atoms with E-state index in [2.05, 4.69) is 58.1 Å². The fourth-order valence-electron chi connectivity index (χ4n) is 2.23. The van der Waals surface area contributed by atoms with Gasteiger partial charge in [-0.2, -0.15) is 0 Å². The molecule has 0 fully saturated rings. The molecule has 1 rings (SSSR count). The fraction of sp³-hybridized carbons (Fsp3) is 0.647. The van der Waals surface area contributed by atoms with E-state index < -0.39 is 0 Å². The molecular formula is C17H28ClN. The number of nitrogens with one attached hydrogen (secondary N) is 1. The van der Waals surface area contributed by atoms with Crippen LogP contribution in [-0.4, -0.2) is 12.6 Å². The van der Waals surface area contributed by atoms with E-state index in [-0.39, 0.29) is 5.41 Å². The maximum absolute atomic E-state index is 6.37. The summed E-state index contributed by atoms with van der Waals surface area (Å²) >= 11 is 6.37. The zero-order valence-corrected chi connectivity index (χ0v) is 13.8. The van der Waals surface area contributed by atoms with E-state index in [4.69, 9.17) is 11.6 Å². The van der Waals surface area contributed by atoms with Crippen LogP contribution in [0.4, 0.5) is 0 Å². The zero-order chi connectivity index (χ0) is 14.5. The molecule has 1 nitrogen and oxygen atoms in total. The molecule has 108 valence electrons. The van der Waals surface area contributed by atoms with Crippen LogP contribution >= 0.6 is 11.6 Å². The molecule has 1 aromatic carbocycles. The summed E-state index contributed by atoms with van der Waals surface area (Å²) in [6, 6.07) is 6.85. The highest BCUT2D eigenvalue weighted by Gasteiger charge is 2.27. The predicted molar refractivity (Wildman–Crippen MR) is 86.0 cm³/mol. The number of rotatable bonds is 7. The van der Waals surface area contributed by atoms with Crippen molar-refractivity contribution in [3.05, 3.63) is 34.3 Å². The molecule has 0 amide bonds. The van der Waals surface area contributed by atoms with Crippen LogP contribution in [0.1, 0.15) is 51.7 Å². The minimum atomic E-state index is 0.281. The van der Waals surface area contributed by atoms with Crippen LogP contribution in [0, 0.1) is 12.3 Å². The van der Waals surface area contributed by atoms with Crippen molar-refractivity contribution in [2.75, 3.05) is 6.54 Å². The van der Waals surface area contributed by atoms with Crippen LogP contribution < -0.4 is 5.32 Å². The van der Waals surface area contributed by atoms with Crippen LogP contribution in [0.3, 0.4) is 0 Å². The van der Waals surface area contributed by atoms with E-state index in [1.54, 1.807) is 0 Å². The van der Waals surface area contributed by atoms with Crippen LogP contribution in [0.2, 0.25) is 5.02 Å². The molecule has 1 N–H and O–H groups in total. The Kier molecular flexibility index (Phi) is 6.35. The molecule has 0 aliphatic heterocycles. The average Bonchev–Trinajstić information content (AvgIpc) is 2.36. The predicted octanol–water partition coefficient (Wildman–Crippen LogP) is 5.00. The van der Waals surface area contributed by atoms with Crippen molar-refractivity contribution < 1.29 is 0 Å². The Balaban J connectivity index is 2.87. The lowest BCUT2D eigenvalue weighted by Gasteiger charge is -2.35. The van der Waals surface area contributed by atoms with Gasteiger partial charge in [0.25, 0.3) is 0 Å². The monoisotopic (exact) mass is 281 g/mol. The molecule has 0 heterocycles. The first-order chi connectivity index (χ1) is 8.90. The average molecular weight is 282 g/mol. The summed E-state index contributed by atoms with van der Waals surface area (Å²) in [6.07, 6.45) is 3.33. The van der Waals surface area contributed by atoms with Crippen LogP contribution in [0.5, 0.6) is 0 Å². The Morgan fingerprint density at radius 2 is 1.95 bits per heavy atom. The van der Waals surface area contributed by atoms with E-state index >= 15 is 0 Å². The van der Waals surface area contributed by atoms with Crippen LogP contribution in [-0.2, 0) is 6.42 Å². The summed E-state index contributed by atoms with van der Waals surface area (Å²) in [4.78, 5) is 0. The highest BCUT2D eigenvalue weighted by molar-refractivity contribution is 6.31.